The van der Waals surface area contributed by atoms with Crippen molar-refractivity contribution >= 4 is 0 Å². The van der Waals surface area contributed by atoms with Gasteiger partial charge in [0.2, 0.25) is 0 Å². The molecule has 0 aromatic rings. The van der Waals surface area contributed by atoms with Gasteiger partial charge in [0.05, 0.1) is 0 Å². The minimum Gasteiger partial charge on any atom is -0.612 e. The minimum atomic E-state index is -4.43. The molecular formula is C22H31F5KN2O-. The van der Waals surface area contributed by atoms with E-state index in [-0.39, 0.29) is 63.7 Å². The summed E-state index contributed by atoms with van der Waals surface area (Å²) >= 11 is 0. The number of rotatable bonds is 9. The quantitative estimate of drug-likeness (QED) is 0.134. The molecule has 3 nitrogen and oxygen atoms in total. The molecule has 2 N–H and O–H groups in total. The molecule has 0 saturated heterocycles. The van der Waals surface area contributed by atoms with E-state index in [2.05, 4.69) is 13.5 Å². The van der Waals surface area contributed by atoms with Crippen LogP contribution in [0.4, 0.5) is 22.0 Å². The van der Waals surface area contributed by atoms with Crippen molar-refractivity contribution in [2.75, 3.05) is 6.54 Å². The summed E-state index contributed by atoms with van der Waals surface area (Å²) in [4.78, 5) is 0. The van der Waals surface area contributed by atoms with Crippen LogP contribution in [0, 0.1) is 6.92 Å². The zero-order valence-corrected chi connectivity index (χ0v) is 22.2. The maximum absolute atomic E-state index is 14.3. The van der Waals surface area contributed by atoms with E-state index in [0.717, 1.165) is 25.2 Å². The van der Waals surface area contributed by atoms with Crippen LogP contribution in [-0.2, 0) is 4.74 Å². The first kappa shape index (κ1) is 35.0. The van der Waals surface area contributed by atoms with Crippen LogP contribution in [0.5, 0.6) is 0 Å². The number of hydrogen-bond donors (Lipinski definition) is 1. The Balaban J connectivity index is -0.000000840. The molecule has 0 radical (unpaired) electrons. The van der Waals surface area contributed by atoms with Gasteiger partial charge in [0.1, 0.15) is 5.76 Å². The van der Waals surface area contributed by atoms with Crippen LogP contribution < -0.4 is 56.8 Å². The normalized spacial score (nSPS) is 15.5. The Morgan fingerprint density at radius 1 is 1.16 bits per heavy atom. The van der Waals surface area contributed by atoms with Gasteiger partial charge in [-0.25, -0.2) is 0 Å². The molecule has 172 valence electrons. The SMILES string of the molecule is C=C/C(=C\C=C(/C)C(F)(F)F)OC(F)C(/C=C\C=C/C)=C(C)C.[CH2-][C@@](C)(F)CN[NH-].[K+]. The number of allylic oxidation sites excluding steroid dienone is 8. The molecule has 0 saturated carbocycles. The maximum atomic E-state index is 14.3. The van der Waals surface area contributed by atoms with Crippen molar-refractivity contribution in [1.29, 1.82) is 0 Å². The third kappa shape index (κ3) is 19.8. The largest absolute Gasteiger partial charge is 1.00 e. The first-order chi connectivity index (χ1) is 13.7. The predicted octanol–water partition coefficient (Wildman–Crippen LogP) is 4.46. The van der Waals surface area contributed by atoms with E-state index in [1.807, 2.05) is 12.3 Å². The molecule has 0 aliphatic carbocycles. The summed E-state index contributed by atoms with van der Waals surface area (Å²) in [5.74, 6) is 6.24. The van der Waals surface area contributed by atoms with Crippen molar-refractivity contribution in [3.63, 3.8) is 0 Å². The molecule has 0 aromatic carbocycles. The minimum absolute atomic E-state index is 0. The van der Waals surface area contributed by atoms with Crippen molar-refractivity contribution in [2.45, 2.75) is 52.8 Å². The van der Waals surface area contributed by atoms with Crippen LogP contribution in [0.15, 0.2) is 71.6 Å². The standard InChI is InChI=1S/C18H22F4O.C4H9FN2.K/c1-6-8-9-10-16(13(3)4)17(19)23-15(7-2)12-11-14(5)18(20,21)22;1-4(2,5)3-7-6;/h6-12,17H,2H2,1,3-5H3;6-7H,1,3H2,2H3;/q;-2;+1/b8-6-,10-9-,14-11+,15-12+;;/t;4-;/m.0./s1. The van der Waals surface area contributed by atoms with Gasteiger partial charge < -0.3 is 22.9 Å². The van der Waals surface area contributed by atoms with Crippen LogP contribution in [0.3, 0.4) is 0 Å². The Morgan fingerprint density at radius 2 is 1.71 bits per heavy atom. The van der Waals surface area contributed by atoms with Gasteiger partial charge in [0, 0.05) is 11.1 Å². The second-order valence-corrected chi connectivity index (χ2v) is 6.66. The molecule has 0 bridgehead atoms. The molecule has 0 aromatic heterocycles. The van der Waals surface area contributed by atoms with Crippen LogP contribution in [-0.4, -0.2) is 24.7 Å². The second kappa shape index (κ2) is 17.9. The van der Waals surface area contributed by atoms with Crippen molar-refractivity contribution in [1.82, 2.24) is 5.43 Å². The topological polar surface area (TPSA) is 45.1 Å². The Kier molecular flexibility index (Phi) is 20.3. The van der Waals surface area contributed by atoms with Gasteiger partial charge >= 0.3 is 57.6 Å². The van der Waals surface area contributed by atoms with Crippen LogP contribution in [0.25, 0.3) is 5.84 Å². The molecule has 2 atom stereocenters. The van der Waals surface area contributed by atoms with Crippen LogP contribution in [0.1, 0.15) is 34.6 Å². The molecule has 0 spiro atoms. The van der Waals surface area contributed by atoms with Crippen molar-refractivity contribution in [2.24, 2.45) is 0 Å². The second-order valence-electron chi connectivity index (χ2n) is 6.66. The third-order valence-electron chi connectivity index (χ3n) is 3.24. The summed E-state index contributed by atoms with van der Waals surface area (Å²) in [7, 11) is 0. The molecule has 0 amide bonds. The fourth-order valence-electron chi connectivity index (χ4n) is 1.56. The molecule has 31 heavy (non-hydrogen) atoms. The number of alkyl halides is 5. The molecule has 0 aliphatic rings. The zero-order valence-electron chi connectivity index (χ0n) is 19.0. The third-order valence-corrected chi connectivity index (χ3v) is 3.24. The molecule has 0 aliphatic heterocycles. The fraction of sp³-hybridized carbons (Fsp3) is 0.409. The molecule has 9 heteroatoms. The summed E-state index contributed by atoms with van der Waals surface area (Å²) in [5.41, 5.74) is 0.605. The summed E-state index contributed by atoms with van der Waals surface area (Å²) in [6, 6.07) is 0. The van der Waals surface area contributed by atoms with Gasteiger partial charge in [-0.15, -0.1) is 0 Å². The zero-order chi connectivity index (χ0) is 24.0. The van der Waals surface area contributed by atoms with Gasteiger partial charge in [-0.2, -0.15) is 17.6 Å². The van der Waals surface area contributed by atoms with E-state index in [9.17, 15) is 22.0 Å². The van der Waals surface area contributed by atoms with Gasteiger partial charge in [0.15, 0.2) is 0 Å². The van der Waals surface area contributed by atoms with Crippen molar-refractivity contribution in [3.8, 4) is 0 Å². The Hall–Kier alpha value is -0.554. The molecule has 0 rings (SSSR count). The van der Waals surface area contributed by atoms with Crippen LogP contribution >= 0.6 is 0 Å². The number of halogens is 5. The predicted molar refractivity (Wildman–Crippen MR) is 114 cm³/mol. The number of hydrogen-bond acceptors (Lipinski definition) is 2. The van der Waals surface area contributed by atoms with E-state index in [1.165, 1.54) is 6.92 Å². The Labute approximate surface area is 225 Å². The Morgan fingerprint density at radius 3 is 2.03 bits per heavy atom. The van der Waals surface area contributed by atoms with E-state index in [1.54, 1.807) is 38.2 Å². The fourth-order valence-corrected chi connectivity index (χ4v) is 1.56. The average Bonchev–Trinajstić information content (AvgIpc) is 2.60. The number of ether oxygens (including phenoxy) is 1. The van der Waals surface area contributed by atoms with Gasteiger partial charge in [-0.3, -0.25) is 4.39 Å². The average molecular weight is 474 g/mol. The van der Waals surface area contributed by atoms with Gasteiger partial charge in [-0.1, -0.05) is 49.5 Å². The Bertz CT molecular complexity index is 668. The smallest absolute Gasteiger partial charge is 0.612 e. The first-order valence-electron chi connectivity index (χ1n) is 8.99. The summed E-state index contributed by atoms with van der Waals surface area (Å²) in [6.07, 6.45) is 3.51. The van der Waals surface area contributed by atoms with E-state index in [0.29, 0.717) is 11.1 Å². The summed E-state index contributed by atoms with van der Waals surface area (Å²) in [6.45, 7) is 14.0. The van der Waals surface area contributed by atoms with Gasteiger partial charge in [0.25, 0.3) is 6.36 Å². The van der Waals surface area contributed by atoms with Crippen molar-refractivity contribution in [3.05, 3.63) is 84.4 Å². The van der Waals surface area contributed by atoms with E-state index in [4.69, 9.17) is 10.6 Å². The van der Waals surface area contributed by atoms with Gasteiger partial charge in [-0.05, 0) is 52.1 Å². The molecule has 0 fully saturated rings. The van der Waals surface area contributed by atoms with Crippen LogP contribution in [0.2, 0.25) is 0 Å². The maximum Gasteiger partial charge on any atom is 1.00 e. The first-order valence-corrected chi connectivity index (χ1v) is 8.99. The summed E-state index contributed by atoms with van der Waals surface area (Å²) < 4.78 is 68.6. The number of nitrogens with one attached hydrogen (secondary N) is 2. The monoisotopic (exact) mass is 473 g/mol. The van der Waals surface area contributed by atoms with Crippen molar-refractivity contribution < 1.29 is 78.1 Å². The van der Waals surface area contributed by atoms with E-state index < -0.39 is 23.8 Å². The van der Waals surface area contributed by atoms with E-state index >= 15 is 0 Å². The molecule has 1 unspecified atom stereocenters. The molecular weight excluding hydrogens is 442 g/mol. The molecule has 0 heterocycles. The summed E-state index contributed by atoms with van der Waals surface area (Å²) in [5, 5.41) is 0.